The fourth-order valence-corrected chi connectivity index (χ4v) is 3.96. The summed E-state index contributed by atoms with van der Waals surface area (Å²) in [6.45, 7) is 3.80. The number of H-pyrrole nitrogens is 1. The maximum atomic E-state index is 11.6. The average molecular weight is 377 g/mol. The molecule has 1 atom stereocenters. The molecule has 23 heavy (non-hydrogen) atoms. The van der Waals surface area contributed by atoms with Gasteiger partial charge in [0.1, 0.15) is 0 Å². The van der Waals surface area contributed by atoms with Crippen molar-refractivity contribution < 1.29 is 14.3 Å². The molecule has 1 aliphatic heterocycles. The molecule has 1 unspecified atom stereocenters. The molecule has 4 nitrogen and oxygen atoms in total. The van der Waals surface area contributed by atoms with Crippen molar-refractivity contribution in [3.8, 4) is 0 Å². The zero-order valence-electron chi connectivity index (χ0n) is 12.8. The van der Waals surface area contributed by atoms with Gasteiger partial charge in [-0.05, 0) is 24.5 Å². The number of rotatable bonds is 3. The predicted octanol–water partition coefficient (Wildman–Crippen LogP) is 5.22. The van der Waals surface area contributed by atoms with E-state index in [2.05, 4.69) is 4.98 Å². The summed E-state index contributed by atoms with van der Waals surface area (Å²) >= 11 is 18.9. The van der Waals surface area contributed by atoms with E-state index < -0.39 is 11.8 Å². The van der Waals surface area contributed by atoms with Gasteiger partial charge in [-0.2, -0.15) is 0 Å². The molecule has 1 N–H and O–H groups in total. The number of ether oxygens (including phenoxy) is 2. The van der Waals surface area contributed by atoms with Crippen molar-refractivity contribution in [3.63, 3.8) is 0 Å². The Labute approximate surface area is 149 Å². The highest BCUT2D eigenvalue weighted by Crippen LogP contribution is 2.46. The van der Waals surface area contributed by atoms with Crippen LogP contribution in [-0.4, -0.2) is 17.6 Å². The molecule has 7 heteroatoms. The molecule has 1 aromatic carbocycles. The van der Waals surface area contributed by atoms with Crippen molar-refractivity contribution in [1.82, 2.24) is 4.98 Å². The van der Waals surface area contributed by atoms with Gasteiger partial charge in [0.15, 0.2) is 0 Å². The van der Waals surface area contributed by atoms with Crippen molar-refractivity contribution in [1.29, 1.82) is 0 Å². The summed E-state index contributed by atoms with van der Waals surface area (Å²) in [7, 11) is 0. The van der Waals surface area contributed by atoms with Crippen molar-refractivity contribution >= 4 is 51.7 Å². The second kappa shape index (κ2) is 6.17. The van der Waals surface area contributed by atoms with E-state index in [1.807, 2.05) is 6.92 Å². The van der Waals surface area contributed by atoms with E-state index in [9.17, 15) is 4.79 Å². The lowest BCUT2D eigenvalue weighted by Gasteiger charge is -2.36. The first-order valence-electron chi connectivity index (χ1n) is 7.41. The van der Waals surface area contributed by atoms with Crippen molar-refractivity contribution in [2.45, 2.75) is 38.9 Å². The van der Waals surface area contributed by atoms with Gasteiger partial charge in [-0.25, -0.2) is 0 Å². The minimum absolute atomic E-state index is 0.394. The van der Waals surface area contributed by atoms with Gasteiger partial charge in [-0.3, -0.25) is 4.79 Å². The van der Waals surface area contributed by atoms with Crippen molar-refractivity contribution in [2.75, 3.05) is 6.61 Å². The first-order valence-corrected chi connectivity index (χ1v) is 8.55. The van der Waals surface area contributed by atoms with Crippen LogP contribution in [0, 0.1) is 0 Å². The number of hydrogen-bond donors (Lipinski definition) is 1. The highest BCUT2D eigenvalue weighted by molar-refractivity contribution is 6.48. The Hall–Kier alpha value is -0.940. The Kier molecular flexibility index (Phi) is 4.53. The number of carbonyl (C=O) groups excluding carboxylic acids is 1. The smallest absolute Gasteiger partial charge is 0.305 e. The standard InChI is InChI=1S/C16H16Cl3NO3/c1-3-5-16(23-8(2)21)15-9(4-6-22-16)12-13(19)10(17)7-11(18)14(12)20-15/h7,20H,3-6H2,1-2H3. The number of halogens is 3. The van der Waals surface area contributed by atoms with E-state index in [0.29, 0.717) is 45.7 Å². The molecular weight excluding hydrogens is 361 g/mol. The maximum Gasteiger partial charge on any atom is 0.305 e. The SMILES string of the molecule is CCCC1(OC(C)=O)OCCc2c1[nH]c1c(Cl)cc(Cl)c(Cl)c21. The zero-order valence-corrected chi connectivity index (χ0v) is 15.0. The number of carbonyl (C=O) groups is 1. The number of nitrogens with one attached hydrogen (secondary N) is 1. The van der Waals surface area contributed by atoms with Crippen LogP contribution in [0.25, 0.3) is 10.9 Å². The van der Waals surface area contributed by atoms with Crippen molar-refractivity contribution in [3.05, 3.63) is 32.4 Å². The molecule has 0 radical (unpaired) electrons. The van der Waals surface area contributed by atoms with E-state index in [1.165, 1.54) is 6.92 Å². The van der Waals surface area contributed by atoms with Crippen molar-refractivity contribution in [2.24, 2.45) is 0 Å². The quantitative estimate of drug-likeness (QED) is 0.590. The third-order valence-corrected chi connectivity index (χ3v) is 5.07. The summed E-state index contributed by atoms with van der Waals surface area (Å²) in [4.78, 5) is 14.9. The Balaban J connectivity index is 2.30. The lowest BCUT2D eigenvalue weighted by molar-refractivity contribution is -0.247. The lowest BCUT2D eigenvalue weighted by Crippen LogP contribution is -2.39. The molecule has 0 saturated heterocycles. The number of benzene rings is 1. The molecule has 0 fully saturated rings. The van der Waals surface area contributed by atoms with Gasteiger partial charge in [0.25, 0.3) is 5.79 Å². The fourth-order valence-electron chi connectivity index (χ4n) is 3.18. The van der Waals surface area contributed by atoms with Gasteiger partial charge < -0.3 is 14.5 Å². The van der Waals surface area contributed by atoms with Crippen LogP contribution >= 0.6 is 34.8 Å². The lowest BCUT2D eigenvalue weighted by atomic mass is 9.96. The van der Waals surface area contributed by atoms with Crippen LogP contribution in [0.15, 0.2) is 6.07 Å². The second-order valence-electron chi connectivity index (χ2n) is 5.58. The zero-order chi connectivity index (χ0) is 16.8. The van der Waals surface area contributed by atoms with E-state index in [4.69, 9.17) is 44.3 Å². The molecule has 0 aliphatic carbocycles. The third-order valence-electron chi connectivity index (χ3n) is 3.98. The Morgan fingerprint density at radius 2 is 2.13 bits per heavy atom. The van der Waals surface area contributed by atoms with Crippen LogP contribution in [0.5, 0.6) is 0 Å². The van der Waals surface area contributed by atoms with Crippen LogP contribution in [-0.2, 0) is 26.5 Å². The number of fused-ring (bicyclic) bond motifs is 3. The molecule has 2 heterocycles. The summed E-state index contributed by atoms with van der Waals surface area (Å²) in [5.41, 5.74) is 2.32. The maximum absolute atomic E-state index is 11.6. The van der Waals surface area contributed by atoms with E-state index in [0.717, 1.165) is 17.4 Å². The topological polar surface area (TPSA) is 51.3 Å². The Bertz CT molecular complexity index is 787. The van der Waals surface area contributed by atoms with Gasteiger partial charge in [-0.15, -0.1) is 0 Å². The number of esters is 1. The minimum Gasteiger partial charge on any atom is -0.427 e. The average Bonchev–Trinajstić information content (AvgIpc) is 2.86. The summed E-state index contributed by atoms with van der Waals surface area (Å²) in [6, 6.07) is 1.60. The third kappa shape index (κ3) is 2.72. The Morgan fingerprint density at radius 3 is 2.78 bits per heavy atom. The largest absolute Gasteiger partial charge is 0.427 e. The van der Waals surface area contributed by atoms with Crippen LogP contribution in [0.2, 0.25) is 15.1 Å². The van der Waals surface area contributed by atoms with Gasteiger partial charge in [0.05, 0.1) is 32.9 Å². The summed E-state index contributed by atoms with van der Waals surface area (Å²) in [5, 5.41) is 2.08. The molecule has 0 saturated carbocycles. The highest BCUT2D eigenvalue weighted by Gasteiger charge is 2.43. The minimum atomic E-state index is -1.13. The summed E-state index contributed by atoms with van der Waals surface area (Å²) < 4.78 is 11.5. The molecule has 0 spiro atoms. The van der Waals surface area contributed by atoms with E-state index >= 15 is 0 Å². The van der Waals surface area contributed by atoms with Crippen LogP contribution in [0.4, 0.5) is 0 Å². The van der Waals surface area contributed by atoms with Crippen LogP contribution in [0.3, 0.4) is 0 Å². The molecule has 1 aliphatic rings. The summed E-state index contributed by atoms with van der Waals surface area (Å²) in [5.74, 6) is -1.54. The van der Waals surface area contributed by atoms with Gasteiger partial charge in [0.2, 0.25) is 0 Å². The summed E-state index contributed by atoms with van der Waals surface area (Å²) in [6.07, 6.45) is 1.96. The highest BCUT2D eigenvalue weighted by atomic mass is 35.5. The Morgan fingerprint density at radius 1 is 1.39 bits per heavy atom. The number of aromatic amines is 1. The monoisotopic (exact) mass is 375 g/mol. The first kappa shape index (κ1) is 16.9. The van der Waals surface area contributed by atoms with Crippen LogP contribution < -0.4 is 0 Å². The number of hydrogen-bond acceptors (Lipinski definition) is 3. The molecule has 1 aromatic heterocycles. The number of aromatic nitrogens is 1. The fraction of sp³-hybridized carbons (Fsp3) is 0.438. The van der Waals surface area contributed by atoms with Gasteiger partial charge >= 0.3 is 5.97 Å². The molecule has 124 valence electrons. The molecular formula is C16H16Cl3NO3. The molecule has 2 aromatic rings. The predicted molar refractivity (Wildman–Crippen MR) is 91.3 cm³/mol. The van der Waals surface area contributed by atoms with E-state index in [1.54, 1.807) is 6.07 Å². The van der Waals surface area contributed by atoms with Gasteiger partial charge in [0, 0.05) is 18.7 Å². The van der Waals surface area contributed by atoms with E-state index in [-0.39, 0.29) is 0 Å². The normalized spacial score (nSPS) is 20.6. The molecule has 3 rings (SSSR count). The van der Waals surface area contributed by atoms with Gasteiger partial charge in [-0.1, -0.05) is 41.7 Å². The second-order valence-corrected chi connectivity index (χ2v) is 6.77. The molecule has 0 amide bonds. The van der Waals surface area contributed by atoms with Crippen LogP contribution in [0.1, 0.15) is 37.9 Å². The first-order chi connectivity index (χ1) is 10.9. The molecule has 0 bridgehead atoms.